The summed E-state index contributed by atoms with van der Waals surface area (Å²) in [5, 5.41) is 9.01. The van der Waals surface area contributed by atoms with Crippen LogP contribution in [0, 0.1) is 5.82 Å². The lowest BCUT2D eigenvalue weighted by molar-refractivity contribution is 0.122. The molecule has 1 atom stereocenters. The van der Waals surface area contributed by atoms with Crippen molar-refractivity contribution in [2.75, 3.05) is 37.8 Å². The average molecular weight is 240 g/mol. The molecule has 0 amide bonds. The molecule has 0 aliphatic carbocycles. The van der Waals surface area contributed by atoms with Crippen LogP contribution in [0.25, 0.3) is 0 Å². The predicted molar refractivity (Wildman–Crippen MR) is 63.4 cm³/mol. The van der Waals surface area contributed by atoms with E-state index in [4.69, 9.17) is 15.6 Å². The van der Waals surface area contributed by atoms with E-state index in [1.165, 1.54) is 6.07 Å². The van der Waals surface area contributed by atoms with Gasteiger partial charge in [0.2, 0.25) is 0 Å². The molecule has 0 spiro atoms. The minimum absolute atomic E-state index is 0.145. The molecule has 0 bridgehead atoms. The van der Waals surface area contributed by atoms with E-state index in [9.17, 15) is 4.39 Å². The maximum absolute atomic E-state index is 13.7. The Morgan fingerprint density at radius 3 is 2.76 bits per heavy atom. The highest BCUT2D eigenvalue weighted by Gasteiger charge is 2.16. The molecule has 0 unspecified atom stereocenters. The second kappa shape index (κ2) is 5.44. The Kier molecular flexibility index (Phi) is 3.93. The quantitative estimate of drug-likeness (QED) is 0.814. The number of ether oxygens (including phenoxy) is 1. The lowest BCUT2D eigenvalue weighted by Crippen LogP contribution is -2.36. The van der Waals surface area contributed by atoms with E-state index in [1.807, 2.05) is 4.90 Å². The van der Waals surface area contributed by atoms with Crippen LogP contribution >= 0.6 is 0 Å². The first kappa shape index (κ1) is 12.3. The van der Waals surface area contributed by atoms with Crippen LogP contribution in [-0.4, -0.2) is 38.0 Å². The predicted octanol–water partition coefficient (Wildman–Crippen LogP) is 0.654. The summed E-state index contributed by atoms with van der Waals surface area (Å²) in [5.41, 5.74) is 7.01. The van der Waals surface area contributed by atoms with Crippen LogP contribution in [0.5, 0.6) is 0 Å². The summed E-state index contributed by atoms with van der Waals surface area (Å²) in [4.78, 5) is 1.94. The molecule has 0 saturated carbocycles. The number of aliphatic hydroxyl groups is 1. The van der Waals surface area contributed by atoms with Crippen molar-refractivity contribution >= 4 is 5.69 Å². The number of halogens is 1. The fourth-order valence-corrected chi connectivity index (χ4v) is 1.91. The van der Waals surface area contributed by atoms with Crippen LogP contribution in [0.2, 0.25) is 0 Å². The Bertz CT molecular complexity index is 381. The molecule has 2 rings (SSSR count). The minimum atomic E-state index is -0.463. The standard InChI is InChI=1S/C12H17FN2O2/c13-10-2-1-9(11(14)8-16)7-12(10)15-3-5-17-6-4-15/h1-2,7,11,16H,3-6,8,14H2/t11-/m0/s1. The number of aliphatic hydroxyl groups excluding tert-OH is 1. The second-order valence-corrected chi connectivity index (χ2v) is 4.10. The molecule has 0 radical (unpaired) electrons. The van der Waals surface area contributed by atoms with Crippen molar-refractivity contribution in [2.24, 2.45) is 5.73 Å². The molecule has 1 aliphatic rings. The van der Waals surface area contributed by atoms with Crippen molar-refractivity contribution in [3.63, 3.8) is 0 Å². The van der Waals surface area contributed by atoms with Gasteiger partial charge in [-0.05, 0) is 17.7 Å². The number of anilines is 1. The highest BCUT2D eigenvalue weighted by molar-refractivity contribution is 5.51. The molecule has 1 heterocycles. The molecule has 1 aromatic carbocycles. The number of nitrogens with zero attached hydrogens (tertiary/aromatic N) is 1. The molecule has 0 aromatic heterocycles. The molecule has 1 fully saturated rings. The van der Waals surface area contributed by atoms with Gasteiger partial charge in [0, 0.05) is 13.1 Å². The van der Waals surface area contributed by atoms with Gasteiger partial charge in [-0.25, -0.2) is 4.39 Å². The molecule has 17 heavy (non-hydrogen) atoms. The molecule has 5 heteroatoms. The third-order valence-electron chi connectivity index (χ3n) is 2.95. The Morgan fingerprint density at radius 2 is 2.12 bits per heavy atom. The van der Waals surface area contributed by atoms with Crippen molar-refractivity contribution < 1.29 is 14.2 Å². The Morgan fingerprint density at radius 1 is 1.41 bits per heavy atom. The molecule has 94 valence electrons. The first-order valence-electron chi connectivity index (χ1n) is 5.71. The average Bonchev–Trinajstić information content (AvgIpc) is 2.39. The second-order valence-electron chi connectivity index (χ2n) is 4.10. The first-order chi connectivity index (χ1) is 8.22. The highest BCUT2D eigenvalue weighted by Crippen LogP contribution is 2.24. The van der Waals surface area contributed by atoms with Crippen LogP contribution < -0.4 is 10.6 Å². The number of rotatable bonds is 3. The molecule has 4 nitrogen and oxygen atoms in total. The van der Waals surface area contributed by atoms with E-state index in [2.05, 4.69) is 0 Å². The lowest BCUT2D eigenvalue weighted by Gasteiger charge is -2.29. The number of nitrogens with two attached hydrogens (primary N) is 1. The molecule has 1 aromatic rings. The van der Waals surface area contributed by atoms with Crippen molar-refractivity contribution in [2.45, 2.75) is 6.04 Å². The summed E-state index contributed by atoms with van der Waals surface area (Å²) in [5.74, 6) is -0.263. The van der Waals surface area contributed by atoms with Crippen molar-refractivity contribution in [1.29, 1.82) is 0 Å². The van der Waals surface area contributed by atoms with Gasteiger partial charge in [0.05, 0.1) is 31.5 Å². The van der Waals surface area contributed by atoms with E-state index in [0.29, 0.717) is 32.0 Å². The number of hydrogen-bond acceptors (Lipinski definition) is 4. The molecular formula is C12H17FN2O2. The summed E-state index contributed by atoms with van der Waals surface area (Å²) in [6, 6.07) is 4.26. The summed E-state index contributed by atoms with van der Waals surface area (Å²) in [6.45, 7) is 2.42. The summed E-state index contributed by atoms with van der Waals surface area (Å²) < 4.78 is 19.0. The summed E-state index contributed by atoms with van der Waals surface area (Å²) in [7, 11) is 0. The van der Waals surface area contributed by atoms with E-state index < -0.39 is 6.04 Å². The van der Waals surface area contributed by atoms with Crippen LogP contribution in [0.4, 0.5) is 10.1 Å². The Labute approximate surface area is 99.8 Å². The maximum atomic E-state index is 13.7. The van der Waals surface area contributed by atoms with Crippen LogP contribution in [0.15, 0.2) is 18.2 Å². The fourth-order valence-electron chi connectivity index (χ4n) is 1.91. The van der Waals surface area contributed by atoms with Gasteiger partial charge < -0.3 is 20.5 Å². The summed E-state index contributed by atoms with van der Waals surface area (Å²) >= 11 is 0. The van der Waals surface area contributed by atoms with E-state index >= 15 is 0 Å². The monoisotopic (exact) mass is 240 g/mol. The van der Waals surface area contributed by atoms with E-state index in [0.717, 1.165) is 5.56 Å². The molecule has 1 saturated heterocycles. The fraction of sp³-hybridized carbons (Fsp3) is 0.500. The Hall–Kier alpha value is -1.17. The van der Waals surface area contributed by atoms with E-state index in [-0.39, 0.29) is 12.4 Å². The number of benzene rings is 1. The topological polar surface area (TPSA) is 58.7 Å². The van der Waals surface area contributed by atoms with Crippen LogP contribution in [0.1, 0.15) is 11.6 Å². The molecule has 3 N–H and O–H groups in total. The van der Waals surface area contributed by atoms with Crippen LogP contribution in [-0.2, 0) is 4.74 Å². The van der Waals surface area contributed by atoms with Gasteiger partial charge >= 0.3 is 0 Å². The van der Waals surface area contributed by atoms with Crippen molar-refractivity contribution in [3.8, 4) is 0 Å². The van der Waals surface area contributed by atoms with Crippen molar-refractivity contribution in [1.82, 2.24) is 0 Å². The normalized spacial score (nSPS) is 18.2. The molecule has 1 aliphatic heterocycles. The van der Waals surface area contributed by atoms with Gasteiger partial charge in [0.1, 0.15) is 5.82 Å². The van der Waals surface area contributed by atoms with Gasteiger partial charge in [-0.3, -0.25) is 0 Å². The third kappa shape index (κ3) is 2.74. The number of hydrogen-bond donors (Lipinski definition) is 2. The van der Waals surface area contributed by atoms with Gasteiger partial charge in [0.15, 0.2) is 0 Å². The highest BCUT2D eigenvalue weighted by atomic mass is 19.1. The van der Waals surface area contributed by atoms with Crippen LogP contribution in [0.3, 0.4) is 0 Å². The molecular weight excluding hydrogens is 223 g/mol. The smallest absolute Gasteiger partial charge is 0.146 e. The third-order valence-corrected chi connectivity index (χ3v) is 2.95. The zero-order valence-corrected chi connectivity index (χ0v) is 9.60. The zero-order chi connectivity index (χ0) is 12.3. The van der Waals surface area contributed by atoms with Crippen molar-refractivity contribution in [3.05, 3.63) is 29.6 Å². The maximum Gasteiger partial charge on any atom is 0.146 e. The van der Waals surface area contributed by atoms with Gasteiger partial charge in [-0.15, -0.1) is 0 Å². The Balaban J connectivity index is 2.25. The van der Waals surface area contributed by atoms with Gasteiger partial charge in [0.25, 0.3) is 0 Å². The van der Waals surface area contributed by atoms with Gasteiger partial charge in [-0.1, -0.05) is 6.07 Å². The first-order valence-corrected chi connectivity index (χ1v) is 5.71. The van der Waals surface area contributed by atoms with Gasteiger partial charge in [-0.2, -0.15) is 0 Å². The zero-order valence-electron chi connectivity index (χ0n) is 9.60. The minimum Gasteiger partial charge on any atom is -0.394 e. The van der Waals surface area contributed by atoms with E-state index in [1.54, 1.807) is 12.1 Å². The summed E-state index contributed by atoms with van der Waals surface area (Å²) in [6.07, 6.45) is 0. The SMILES string of the molecule is N[C@@H](CO)c1ccc(F)c(N2CCOCC2)c1. The number of morpholine rings is 1. The largest absolute Gasteiger partial charge is 0.394 e. The lowest BCUT2D eigenvalue weighted by atomic mass is 10.1.